The lowest BCUT2D eigenvalue weighted by Crippen LogP contribution is -2.28. The molecule has 0 aliphatic heterocycles. The maximum Gasteiger partial charge on any atom is 0.221 e. The Morgan fingerprint density at radius 2 is 1.89 bits per heavy atom. The van der Waals surface area contributed by atoms with Gasteiger partial charge in [-0.2, -0.15) is 0 Å². The van der Waals surface area contributed by atoms with Gasteiger partial charge in [0.2, 0.25) is 11.8 Å². The van der Waals surface area contributed by atoms with E-state index < -0.39 is 0 Å². The number of nitrogens with one attached hydrogen (secondary N) is 1. The molecule has 0 saturated heterocycles. The van der Waals surface area contributed by atoms with Crippen molar-refractivity contribution in [3.63, 3.8) is 0 Å². The number of amides is 2. The van der Waals surface area contributed by atoms with Crippen LogP contribution in [0.4, 0.5) is 0 Å². The molecular weight excluding hydrogens is 230 g/mol. The van der Waals surface area contributed by atoms with E-state index in [0.717, 1.165) is 5.56 Å². The fraction of sp³-hybridized carbons (Fsp3) is 0.385. The molecule has 1 unspecified atom stereocenters. The first-order valence-corrected chi connectivity index (χ1v) is 5.95. The van der Waals surface area contributed by atoms with Crippen molar-refractivity contribution in [3.05, 3.63) is 35.9 Å². The quantitative estimate of drug-likeness (QED) is 0.612. The smallest absolute Gasteiger partial charge is 0.221 e. The van der Waals surface area contributed by atoms with Crippen LogP contribution in [-0.2, 0) is 9.59 Å². The molecule has 1 aromatic rings. The summed E-state index contributed by atoms with van der Waals surface area (Å²) in [6, 6.07) is 9.16. The summed E-state index contributed by atoms with van der Waals surface area (Å²) >= 11 is 0. The molecule has 0 radical (unpaired) electrons. The molecule has 0 aliphatic rings. The van der Waals surface area contributed by atoms with Gasteiger partial charge < -0.3 is 16.8 Å². The minimum absolute atomic E-state index is 0.115. The molecular formula is C13H19N3O2. The molecule has 0 saturated carbocycles. The molecule has 1 atom stereocenters. The Morgan fingerprint density at radius 1 is 1.22 bits per heavy atom. The van der Waals surface area contributed by atoms with Gasteiger partial charge in [-0.15, -0.1) is 0 Å². The fourth-order valence-electron chi connectivity index (χ4n) is 1.58. The highest BCUT2D eigenvalue weighted by Crippen LogP contribution is 2.12. The van der Waals surface area contributed by atoms with Gasteiger partial charge in [0, 0.05) is 25.4 Å². The van der Waals surface area contributed by atoms with E-state index in [2.05, 4.69) is 5.32 Å². The predicted molar refractivity (Wildman–Crippen MR) is 69.4 cm³/mol. The number of hydrogen-bond acceptors (Lipinski definition) is 3. The Labute approximate surface area is 107 Å². The summed E-state index contributed by atoms with van der Waals surface area (Å²) in [5.74, 6) is -0.471. The monoisotopic (exact) mass is 249 g/mol. The topological polar surface area (TPSA) is 98.2 Å². The van der Waals surface area contributed by atoms with Gasteiger partial charge in [-0.05, 0) is 12.0 Å². The molecule has 1 aromatic carbocycles. The number of carbonyl (C=O) groups excluding carboxylic acids is 2. The van der Waals surface area contributed by atoms with Gasteiger partial charge in [-0.3, -0.25) is 9.59 Å². The van der Waals surface area contributed by atoms with E-state index >= 15 is 0 Å². The number of benzene rings is 1. The summed E-state index contributed by atoms with van der Waals surface area (Å²) < 4.78 is 0. The first-order chi connectivity index (χ1) is 8.59. The van der Waals surface area contributed by atoms with E-state index in [0.29, 0.717) is 13.0 Å². The summed E-state index contributed by atoms with van der Waals surface area (Å²) in [4.78, 5) is 22.1. The molecule has 5 heteroatoms. The summed E-state index contributed by atoms with van der Waals surface area (Å²) in [5.41, 5.74) is 11.8. The standard InChI is InChI=1S/C13H19N3O2/c14-11(10-5-2-1-3-6-10)9-13(18)16-8-4-7-12(15)17/h1-3,5-6,11H,4,7-9,14H2,(H2,15,17)(H,16,18). The van der Waals surface area contributed by atoms with Crippen molar-refractivity contribution in [1.29, 1.82) is 0 Å². The third kappa shape index (κ3) is 5.45. The Kier molecular flexibility index (Phi) is 5.87. The van der Waals surface area contributed by atoms with Crippen LogP contribution >= 0.6 is 0 Å². The van der Waals surface area contributed by atoms with Gasteiger partial charge >= 0.3 is 0 Å². The average molecular weight is 249 g/mol. The summed E-state index contributed by atoms with van der Waals surface area (Å²) in [6.07, 6.45) is 1.08. The lowest BCUT2D eigenvalue weighted by Gasteiger charge is -2.11. The molecule has 0 fully saturated rings. The van der Waals surface area contributed by atoms with Gasteiger partial charge in [-0.25, -0.2) is 0 Å². The minimum atomic E-state index is -0.356. The van der Waals surface area contributed by atoms with E-state index in [9.17, 15) is 9.59 Å². The largest absolute Gasteiger partial charge is 0.370 e. The van der Waals surface area contributed by atoms with Crippen LogP contribution in [0.5, 0.6) is 0 Å². The lowest BCUT2D eigenvalue weighted by molar-refractivity contribution is -0.122. The molecule has 0 spiro atoms. The first-order valence-electron chi connectivity index (χ1n) is 5.95. The van der Waals surface area contributed by atoms with Gasteiger partial charge in [0.25, 0.3) is 0 Å². The van der Waals surface area contributed by atoms with E-state index in [1.165, 1.54) is 0 Å². The molecule has 5 nitrogen and oxygen atoms in total. The van der Waals surface area contributed by atoms with E-state index in [1.54, 1.807) is 0 Å². The van der Waals surface area contributed by atoms with E-state index in [4.69, 9.17) is 11.5 Å². The maximum atomic E-state index is 11.6. The molecule has 2 amide bonds. The van der Waals surface area contributed by atoms with Crippen LogP contribution in [0.3, 0.4) is 0 Å². The van der Waals surface area contributed by atoms with Crippen LogP contribution in [0.1, 0.15) is 30.9 Å². The van der Waals surface area contributed by atoms with Crippen LogP contribution < -0.4 is 16.8 Å². The van der Waals surface area contributed by atoms with Crippen LogP contribution in [0, 0.1) is 0 Å². The molecule has 5 N–H and O–H groups in total. The SMILES string of the molecule is NC(=O)CCCNC(=O)CC(N)c1ccccc1. The van der Waals surface area contributed by atoms with E-state index in [1.807, 2.05) is 30.3 Å². The summed E-state index contributed by atoms with van der Waals surface area (Å²) in [6.45, 7) is 0.448. The van der Waals surface area contributed by atoms with Crippen molar-refractivity contribution in [3.8, 4) is 0 Å². The van der Waals surface area contributed by atoms with Crippen molar-refractivity contribution >= 4 is 11.8 Å². The minimum Gasteiger partial charge on any atom is -0.370 e. The molecule has 1 rings (SSSR count). The van der Waals surface area contributed by atoms with Crippen molar-refractivity contribution in [1.82, 2.24) is 5.32 Å². The molecule has 0 bridgehead atoms. The molecule has 0 heterocycles. The lowest BCUT2D eigenvalue weighted by atomic mass is 10.0. The number of hydrogen-bond donors (Lipinski definition) is 3. The van der Waals surface area contributed by atoms with Crippen molar-refractivity contribution in [2.75, 3.05) is 6.54 Å². The van der Waals surface area contributed by atoms with Crippen molar-refractivity contribution in [2.45, 2.75) is 25.3 Å². The highest BCUT2D eigenvalue weighted by Gasteiger charge is 2.10. The number of rotatable bonds is 7. The zero-order valence-corrected chi connectivity index (χ0v) is 10.3. The van der Waals surface area contributed by atoms with Crippen LogP contribution in [0.2, 0.25) is 0 Å². The van der Waals surface area contributed by atoms with Gasteiger partial charge in [0.15, 0.2) is 0 Å². The molecule has 98 valence electrons. The first kappa shape index (κ1) is 14.2. The highest BCUT2D eigenvalue weighted by atomic mass is 16.2. The zero-order chi connectivity index (χ0) is 13.4. The van der Waals surface area contributed by atoms with Crippen LogP contribution in [-0.4, -0.2) is 18.4 Å². The third-order valence-electron chi connectivity index (χ3n) is 2.56. The summed E-state index contributed by atoms with van der Waals surface area (Å²) in [5, 5.41) is 2.71. The Hall–Kier alpha value is -1.88. The Bertz CT molecular complexity index is 392. The average Bonchev–Trinajstić information content (AvgIpc) is 2.35. The fourth-order valence-corrected chi connectivity index (χ4v) is 1.58. The second kappa shape index (κ2) is 7.45. The third-order valence-corrected chi connectivity index (χ3v) is 2.56. The Balaban J connectivity index is 2.26. The second-order valence-corrected chi connectivity index (χ2v) is 4.14. The van der Waals surface area contributed by atoms with Gasteiger partial charge in [-0.1, -0.05) is 30.3 Å². The maximum absolute atomic E-state index is 11.6. The predicted octanol–water partition coefficient (Wildman–Crippen LogP) is 0.458. The van der Waals surface area contributed by atoms with Gasteiger partial charge in [0.1, 0.15) is 0 Å². The van der Waals surface area contributed by atoms with Crippen molar-refractivity contribution in [2.24, 2.45) is 11.5 Å². The van der Waals surface area contributed by atoms with Crippen LogP contribution in [0.15, 0.2) is 30.3 Å². The number of nitrogens with two attached hydrogens (primary N) is 2. The number of carbonyl (C=O) groups is 2. The second-order valence-electron chi connectivity index (χ2n) is 4.14. The Morgan fingerprint density at radius 3 is 2.50 bits per heavy atom. The zero-order valence-electron chi connectivity index (χ0n) is 10.3. The molecule has 0 aliphatic carbocycles. The van der Waals surface area contributed by atoms with Crippen LogP contribution in [0.25, 0.3) is 0 Å². The summed E-state index contributed by atoms with van der Waals surface area (Å²) in [7, 11) is 0. The molecule has 0 aromatic heterocycles. The highest BCUT2D eigenvalue weighted by molar-refractivity contribution is 5.77. The normalized spacial score (nSPS) is 11.8. The molecule has 18 heavy (non-hydrogen) atoms. The van der Waals surface area contributed by atoms with E-state index in [-0.39, 0.29) is 30.7 Å². The number of primary amides is 1. The van der Waals surface area contributed by atoms with Crippen molar-refractivity contribution < 1.29 is 9.59 Å². The van der Waals surface area contributed by atoms with Gasteiger partial charge in [0.05, 0.1) is 0 Å².